The van der Waals surface area contributed by atoms with Crippen molar-refractivity contribution in [3.8, 4) is 0 Å². The van der Waals surface area contributed by atoms with Gasteiger partial charge in [0.05, 0.1) is 11.9 Å². The van der Waals surface area contributed by atoms with Crippen molar-refractivity contribution in [2.75, 3.05) is 6.61 Å². The summed E-state index contributed by atoms with van der Waals surface area (Å²) < 4.78 is 6.64. The monoisotopic (exact) mass is 416 g/mol. The van der Waals surface area contributed by atoms with E-state index in [9.17, 15) is 10.2 Å². The van der Waals surface area contributed by atoms with E-state index in [1.54, 1.807) is 0 Å². The first-order valence-electron chi connectivity index (χ1n) is 12.9. The van der Waals surface area contributed by atoms with Crippen molar-refractivity contribution in [3.63, 3.8) is 0 Å². The summed E-state index contributed by atoms with van der Waals surface area (Å²) in [5, 5.41) is 19.7. The van der Waals surface area contributed by atoms with Crippen LogP contribution in [0.25, 0.3) is 0 Å². The minimum absolute atomic E-state index is 0.0486. The van der Waals surface area contributed by atoms with Gasteiger partial charge in [-0.2, -0.15) is 0 Å². The molecule has 1 heterocycles. The van der Waals surface area contributed by atoms with Crippen LogP contribution < -0.4 is 0 Å². The minimum atomic E-state index is -0.0486. The smallest absolute Gasteiger partial charge is 0.106 e. The van der Waals surface area contributed by atoms with Crippen LogP contribution in [0, 0.1) is 46.3 Å². The molecule has 3 nitrogen and oxygen atoms in total. The van der Waals surface area contributed by atoms with Crippen LogP contribution in [-0.4, -0.2) is 29.0 Å². The Kier molecular flexibility index (Phi) is 5.33. The van der Waals surface area contributed by atoms with Crippen molar-refractivity contribution in [3.05, 3.63) is 11.3 Å². The zero-order chi connectivity index (χ0) is 21.3. The number of rotatable bonds is 4. The van der Waals surface area contributed by atoms with Crippen LogP contribution in [0.4, 0.5) is 0 Å². The molecule has 3 heteroatoms. The Bertz CT molecular complexity index is 700. The minimum Gasteiger partial charge on any atom is -0.494 e. The lowest BCUT2D eigenvalue weighted by atomic mass is 9.44. The Hall–Kier alpha value is -0.540. The Morgan fingerprint density at radius 1 is 1.03 bits per heavy atom. The molecule has 0 amide bonds. The predicted octanol–water partition coefficient (Wildman–Crippen LogP) is 5.70. The molecule has 0 saturated heterocycles. The Morgan fingerprint density at radius 2 is 1.80 bits per heavy atom. The number of hydrogen-bond donors (Lipinski definition) is 2. The van der Waals surface area contributed by atoms with Crippen LogP contribution in [0.5, 0.6) is 0 Å². The average molecular weight is 417 g/mol. The van der Waals surface area contributed by atoms with Gasteiger partial charge < -0.3 is 14.9 Å². The van der Waals surface area contributed by atoms with Gasteiger partial charge in [0.25, 0.3) is 0 Å². The van der Waals surface area contributed by atoms with E-state index in [0.29, 0.717) is 28.8 Å². The van der Waals surface area contributed by atoms with Crippen LogP contribution in [0.3, 0.4) is 0 Å². The van der Waals surface area contributed by atoms with Crippen LogP contribution >= 0.6 is 0 Å². The van der Waals surface area contributed by atoms with Gasteiger partial charge in [-0.3, -0.25) is 0 Å². The second kappa shape index (κ2) is 7.51. The summed E-state index contributed by atoms with van der Waals surface area (Å²) in [6.07, 6.45) is 12.4. The lowest BCUT2D eigenvalue weighted by molar-refractivity contribution is -0.124. The van der Waals surface area contributed by atoms with Crippen molar-refractivity contribution >= 4 is 0 Å². The normalized spacial score (nSPS) is 50.9. The van der Waals surface area contributed by atoms with Crippen LogP contribution in [0.15, 0.2) is 11.3 Å². The first-order chi connectivity index (χ1) is 14.3. The Labute approximate surface area is 183 Å². The second-order valence-corrected chi connectivity index (χ2v) is 12.4. The fourth-order valence-corrected chi connectivity index (χ4v) is 9.29. The lowest BCUT2D eigenvalue weighted by Crippen LogP contribution is -2.54. The summed E-state index contributed by atoms with van der Waals surface area (Å²) in [4.78, 5) is 0. The fraction of sp³-hybridized carbons (Fsp3) is 0.926. The number of fused-ring (bicyclic) bond motifs is 7. The Balaban J connectivity index is 1.36. The second-order valence-electron chi connectivity index (χ2n) is 12.4. The first kappa shape index (κ1) is 21.3. The summed E-state index contributed by atoms with van der Waals surface area (Å²) in [7, 11) is 0. The molecule has 5 rings (SSSR count). The van der Waals surface area contributed by atoms with Gasteiger partial charge in [0, 0.05) is 18.9 Å². The molecule has 30 heavy (non-hydrogen) atoms. The van der Waals surface area contributed by atoms with Crippen LogP contribution in [-0.2, 0) is 4.74 Å². The maximum absolute atomic E-state index is 10.3. The number of aliphatic hydroxyl groups excluding tert-OH is 2. The summed E-state index contributed by atoms with van der Waals surface area (Å²) in [6, 6.07) is 0. The average Bonchev–Trinajstić information content (AvgIpc) is 3.20. The van der Waals surface area contributed by atoms with Crippen LogP contribution in [0.2, 0.25) is 0 Å². The van der Waals surface area contributed by atoms with Crippen molar-refractivity contribution in [2.24, 2.45) is 46.3 Å². The molecule has 1 aliphatic heterocycles. The molecule has 0 aromatic heterocycles. The molecule has 2 N–H and O–H groups in total. The van der Waals surface area contributed by atoms with Gasteiger partial charge in [0.2, 0.25) is 0 Å². The molecule has 0 spiro atoms. The quantitative estimate of drug-likeness (QED) is 0.618. The standard InChI is InChI=1S/C27H44O3/c1-16(15-28)5-8-23-17(2)25-24(30-23)14-22-20-7-6-18-13-19(29)9-11-26(18,3)21(20)10-12-27(22,25)4/h16,18-22,24-25,28-29H,5-15H2,1-4H3/t16?,18?,19?,20-,21+,22+,24+,25+,26+,27+/m1/s1. The molecule has 4 fully saturated rings. The molecule has 0 aromatic rings. The van der Waals surface area contributed by atoms with Crippen molar-refractivity contribution < 1.29 is 14.9 Å². The van der Waals surface area contributed by atoms with E-state index in [0.717, 1.165) is 49.4 Å². The maximum Gasteiger partial charge on any atom is 0.106 e. The largest absolute Gasteiger partial charge is 0.494 e. The molecule has 4 aliphatic carbocycles. The van der Waals surface area contributed by atoms with Crippen molar-refractivity contribution in [2.45, 2.75) is 104 Å². The summed E-state index contributed by atoms with van der Waals surface area (Å²) in [5.74, 6) is 5.49. The molecular formula is C27H44O3. The third kappa shape index (κ3) is 3.04. The van der Waals surface area contributed by atoms with Gasteiger partial charge in [0.1, 0.15) is 6.10 Å². The van der Waals surface area contributed by atoms with E-state index in [1.807, 2.05) is 0 Å². The maximum atomic E-state index is 10.3. The number of aliphatic hydroxyl groups is 2. The topological polar surface area (TPSA) is 49.7 Å². The Morgan fingerprint density at radius 3 is 2.57 bits per heavy atom. The predicted molar refractivity (Wildman–Crippen MR) is 120 cm³/mol. The zero-order valence-electron chi connectivity index (χ0n) is 19.7. The molecule has 0 radical (unpaired) electrons. The van der Waals surface area contributed by atoms with Gasteiger partial charge in [-0.1, -0.05) is 20.8 Å². The summed E-state index contributed by atoms with van der Waals surface area (Å²) in [6.45, 7) is 9.94. The summed E-state index contributed by atoms with van der Waals surface area (Å²) in [5.41, 5.74) is 2.39. The molecule has 4 saturated carbocycles. The van der Waals surface area contributed by atoms with Gasteiger partial charge >= 0.3 is 0 Å². The van der Waals surface area contributed by atoms with E-state index in [1.165, 1.54) is 49.9 Å². The van der Waals surface area contributed by atoms with Gasteiger partial charge in [0.15, 0.2) is 0 Å². The zero-order valence-corrected chi connectivity index (χ0v) is 19.7. The van der Waals surface area contributed by atoms with Crippen molar-refractivity contribution in [1.82, 2.24) is 0 Å². The highest BCUT2D eigenvalue weighted by Gasteiger charge is 2.64. The van der Waals surface area contributed by atoms with E-state index < -0.39 is 0 Å². The highest BCUT2D eigenvalue weighted by atomic mass is 16.5. The van der Waals surface area contributed by atoms with Gasteiger partial charge in [-0.05, 0) is 111 Å². The van der Waals surface area contributed by atoms with Crippen LogP contribution in [0.1, 0.15) is 91.9 Å². The number of ether oxygens (including phenoxy) is 1. The number of hydrogen-bond acceptors (Lipinski definition) is 3. The lowest BCUT2D eigenvalue weighted by Gasteiger charge is -2.60. The van der Waals surface area contributed by atoms with Crippen molar-refractivity contribution in [1.29, 1.82) is 0 Å². The molecule has 10 atom stereocenters. The SMILES string of the molecule is CC1=C(CCC(C)CO)O[C@H]2C[C@H]3[C@@H]4CCC5CC(O)CC[C@]5(C)[C@H]4CC[C@]3(C)[C@@H]12. The third-order valence-electron chi connectivity index (χ3n) is 11.0. The van der Waals surface area contributed by atoms with Gasteiger partial charge in [-0.15, -0.1) is 0 Å². The van der Waals surface area contributed by atoms with E-state index >= 15 is 0 Å². The molecule has 170 valence electrons. The van der Waals surface area contributed by atoms with E-state index in [2.05, 4.69) is 27.7 Å². The third-order valence-corrected chi connectivity index (χ3v) is 11.0. The molecule has 3 unspecified atom stereocenters. The molecule has 0 aromatic carbocycles. The summed E-state index contributed by atoms with van der Waals surface area (Å²) >= 11 is 0. The van der Waals surface area contributed by atoms with Gasteiger partial charge in [-0.25, -0.2) is 0 Å². The first-order valence-corrected chi connectivity index (χ1v) is 12.9. The van der Waals surface area contributed by atoms with E-state index in [4.69, 9.17) is 4.74 Å². The molecule has 0 bridgehead atoms. The molecular weight excluding hydrogens is 372 g/mol. The molecule has 5 aliphatic rings. The fourth-order valence-electron chi connectivity index (χ4n) is 9.29. The van der Waals surface area contributed by atoms with E-state index in [-0.39, 0.29) is 12.7 Å². The highest BCUT2D eigenvalue weighted by Crippen LogP contribution is 2.69. The number of allylic oxidation sites excluding steroid dienone is 1. The highest BCUT2D eigenvalue weighted by molar-refractivity contribution is 5.26.